The number of piperidine rings is 1. The molecular weight excluding hydrogens is 246 g/mol. The van der Waals surface area contributed by atoms with Gasteiger partial charge >= 0.3 is 5.97 Å². The van der Waals surface area contributed by atoms with Crippen LogP contribution in [0.2, 0.25) is 0 Å². The summed E-state index contributed by atoms with van der Waals surface area (Å²) in [6, 6.07) is 2.69. The number of carboxylic acid groups (broad SMARTS) is 1. The zero-order chi connectivity index (χ0) is 13.1. The zero-order valence-electron chi connectivity index (χ0n) is 11.1. The molecule has 0 saturated carbocycles. The first-order valence-electron chi connectivity index (χ1n) is 6.61. The van der Waals surface area contributed by atoms with Crippen molar-refractivity contribution in [3.63, 3.8) is 0 Å². The molecule has 1 saturated heterocycles. The number of aliphatic carboxylic acids is 1. The smallest absolute Gasteiger partial charge is 0.304 e. The van der Waals surface area contributed by atoms with Gasteiger partial charge < -0.3 is 5.11 Å². The Hall–Kier alpha value is -0.870. The van der Waals surface area contributed by atoms with Crippen molar-refractivity contribution < 1.29 is 9.90 Å². The second-order valence-electron chi connectivity index (χ2n) is 5.13. The minimum atomic E-state index is -0.679. The maximum absolute atomic E-state index is 11.0. The summed E-state index contributed by atoms with van der Waals surface area (Å²) in [6.45, 7) is 5.37. The maximum Gasteiger partial charge on any atom is 0.304 e. The summed E-state index contributed by atoms with van der Waals surface area (Å²) < 4.78 is 0. The largest absolute Gasteiger partial charge is 0.481 e. The summed E-state index contributed by atoms with van der Waals surface area (Å²) >= 11 is 1.78. The molecule has 0 aliphatic carbocycles. The van der Waals surface area contributed by atoms with Crippen LogP contribution in [0.3, 0.4) is 0 Å². The molecule has 2 unspecified atom stereocenters. The highest BCUT2D eigenvalue weighted by Gasteiger charge is 2.29. The van der Waals surface area contributed by atoms with E-state index in [0.717, 1.165) is 19.4 Å². The van der Waals surface area contributed by atoms with Crippen LogP contribution in [0.4, 0.5) is 0 Å². The molecule has 0 amide bonds. The molecule has 0 bridgehead atoms. The average Bonchev–Trinajstić information content (AvgIpc) is 2.74. The molecule has 1 N–H and O–H groups in total. The second kappa shape index (κ2) is 5.85. The molecule has 3 nitrogen and oxygen atoms in total. The Morgan fingerprint density at radius 1 is 1.61 bits per heavy atom. The first-order chi connectivity index (χ1) is 8.59. The fourth-order valence-corrected chi connectivity index (χ4v) is 3.92. The number of hydrogen-bond donors (Lipinski definition) is 1. The van der Waals surface area contributed by atoms with E-state index < -0.39 is 5.97 Å². The predicted octanol–water partition coefficient (Wildman–Crippen LogP) is 3.45. The van der Waals surface area contributed by atoms with E-state index in [-0.39, 0.29) is 12.5 Å². The molecule has 4 heteroatoms. The van der Waals surface area contributed by atoms with E-state index in [0.29, 0.717) is 6.04 Å². The second-order valence-corrected chi connectivity index (χ2v) is 6.08. The number of hydrogen-bond acceptors (Lipinski definition) is 3. The van der Waals surface area contributed by atoms with Crippen molar-refractivity contribution in [2.75, 3.05) is 6.54 Å². The molecule has 1 aliphatic heterocycles. The molecule has 1 aromatic heterocycles. The Kier molecular flexibility index (Phi) is 4.40. The van der Waals surface area contributed by atoms with Crippen LogP contribution in [-0.4, -0.2) is 28.6 Å². The molecule has 2 rings (SSSR count). The van der Waals surface area contributed by atoms with Crippen LogP contribution >= 0.6 is 11.3 Å². The number of carboxylic acids is 1. The standard InChI is InChI=1S/C14H21NO2S/c1-10-6-8-18-14(10)11(2)15-7-4-3-5-12(15)9-13(16)17/h6,8,11-12H,3-5,7,9H2,1-2H3,(H,16,17). The quantitative estimate of drug-likeness (QED) is 0.908. The van der Waals surface area contributed by atoms with Crippen molar-refractivity contribution in [3.05, 3.63) is 21.9 Å². The highest BCUT2D eigenvalue weighted by atomic mass is 32.1. The molecule has 18 heavy (non-hydrogen) atoms. The van der Waals surface area contributed by atoms with E-state index in [2.05, 4.69) is 30.2 Å². The highest BCUT2D eigenvalue weighted by molar-refractivity contribution is 7.10. The normalized spacial score (nSPS) is 22.9. The summed E-state index contributed by atoms with van der Waals surface area (Å²) in [6.07, 6.45) is 3.63. The lowest BCUT2D eigenvalue weighted by molar-refractivity contribution is -0.139. The lowest BCUT2D eigenvalue weighted by Gasteiger charge is -2.39. The molecule has 100 valence electrons. The summed E-state index contributed by atoms with van der Waals surface area (Å²) in [5, 5.41) is 11.1. The number of thiophene rings is 1. The number of aryl methyl sites for hydroxylation is 1. The molecule has 0 spiro atoms. The van der Waals surface area contributed by atoms with Crippen molar-refractivity contribution in [2.45, 2.75) is 51.6 Å². The Balaban J connectivity index is 2.13. The van der Waals surface area contributed by atoms with Crippen molar-refractivity contribution >= 4 is 17.3 Å². The maximum atomic E-state index is 11.0. The van der Waals surface area contributed by atoms with Gasteiger partial charge in [-0.2, -0.15) is 0 Å². The van der Waals surface area contributed by atoms with E-state index in [4.69, 9.17) is 5.11 Å². The Bertz CT molecular complexity index is 416. The van der Waals surface area contributed by atoms with Gasteiger partial charge in [-0.25, -0.2) is 0 Å². The van der Waals surface area contributed by atoms with Gasteiger partial charge in [-0.3, -0.25) is 9.69 Å². The van der Waals surface area contributed by atoms with E-state index in [1.165, 1.54) is 16.9 Å². The SMILES string of the molecule is Cc1ccsc1C(C)N1CCCCC1CC(=O)O. The first-order valence-corrected chi connectivity index (χ1v) is 7.49. The minimum absolute atomic E-state index is 0.202. The fraction of sp³-hybridized carbons (Fsp3) is 0.643. The van der Waals surface area contributed by atoms with Crippen molar-refractivity contribution in [1.29, 1.82) is 0 Å². The third-order valence-electron chi connectivity index (χ3n) is 3.86. The van der Waals surface area contributed by atoms with Crippen LogP contribution < -0.4 is 0 Å². The van der Waals surface area contributed by atoms with Gasteiger partial charge in [0.15, 0.2) is 0 Å². The molecule has 2 atom stereocenters. The van der Waals surface area contributed by atoms with E-state index in [1.54, 1.807) is 11.3 Å². The monoisotopic (exact) mass is 267 g/mol. The number of nitrogens with zero attached hydrogens (tertiary/aromatic N) is 1. The Labute approximate surface area is 112 Å². The van der Waals surface area contributed by atoms with Gasteiger partial charge in [-0.15, -0.1) is 11.3 Å². The van der Waals surface area contributed by atoms with Gasteiger partial charge in [0.25, 0.3) is 0 Å². The number of carbonyl (C=O) groups is 1. The first kappa shape index (κ1) is 13.6. The highest BCUT2D eigenvalue weighted by Crippen LogP contribution is 2.33. The molecule has 1 aliphatic rings. The molecule has 0 aromatic carbocycles. The topological polar surface area (TPSA) is 40.5 Å². The summed E-state index contributed by atoms with van der Waals surface area (Å²) in [7, 11) is 0. The van der Waals surface area contributed by atoms with E-state index in [1.807, 2.05) is 0 Å². The third kappa shape index (κ3) is 2.93. The van der Waals surface area contributed by atoms with Crippen LogP contribution in [0.1, 0.15) is 49.1 Å². The lowest BCUT2D eigenvalue weighted by Crippen LogP contribution is -2.42. The molecular formula is C14H21NO2S. The van der Waals surface area contributed by atoms with E-state index in [9.17, 15) is 4.79 Å². The third-order valence-corrected chi connectivity index (χ3v) is 5.05. The molecule has 1 fully saturated rings. The minimum Gasteiger partial charge on any atom is -0.481 e. The van der Waals surface area contributed by atoms with Crippen LogP contribution in [0, 0.1) is 6.92 Å². The van der Waals surface area contributed by atoms with Gasteiger partial charge in [0.2, 0.25) is 0 Å². The Morgan fingerprint density at radius 2 is 2.39 bits per heavy atom. The van der Waals surface area contributed by atoms with Crippen LogP contribution in [0.15, 0.2) is 11.4 Å². The van der Waals surface area contributed by atoms with Crippen molar-refractivity contribution in [3.8, 4) is 0 Å². The van der Waals surface area contributed by atoms with Gasteiger partial charge in [0.05, 0.1) is 6.42 Å². The molecule has 2 heterocycles. The van der Waals surface area contributed by atoms with Crippen LogP contribution in [0.5, 0.6) is 0 Å². The zero-order valence-corrected chi connectivity index (χ0v) is 11.9. The van der Waals surface area contributed by atoms with Gasteiger partial charge in [-0.1, -0.05) is 6.42 Å². The van der Waals surface area contributed by atoms with Crippen molar-refractivity contribution in [2.24, 2.45) is 0 Å². The van der Waals surface area contributed by atoms with Gasteiger partial charge in [0, 0.05) is 17.0 Å². The van der Waals surface area contributed by atoms with Crippen LogP contribution in [0.25, 0.3) is 0 Å². The number of rotatable bonds is 4. The number of likely N-dealkylation sites (tertiary alicyclic amines) is 1. The molecule has 0 radical (unpaired) electrons. The summed E-state index contributed by atoms with van der Waals surface area (Å²) in [5.74, 6) is -0.679. The predicted molar refractivity (Wildman–Crippen MR) is 74.1 cm³/mol. The summed E-state index contributed by atoms with van der Waals surface area (Å²) in [5.41, 5.74) is 1.33. The molecule has 1 aromatic rings. The van der Waals surface area contributed by atoms with Gasteiger partial charge in [-0.05, 0) is 50.2 Å². The van der Waals surface area contributed by atoms with Gasteiger partial charge in [0.1, 0.15) is 0 Å². The average molecular weight is 267 g/mol. The fourth-order valence-electron chi connectivity index (χ4n) is 2.92. The van der Waals surface area contributed by atoms with Crippen LogP contribution in [-0.2, 0) is 4.79 Å². The van der Waals surface area contributed by atoms with E-state index >= 15 is 0 Å². The summed E-state index contributed by atoms with van der Waals surface area (Å²) in [4.78, 5) is 14.7. The van der Waals surface area contributed by atoms with Crippen molar-refractivity contribution in [1.82, 2.24) is 4.90 Å². The lowest BCUT2D eigenvalue weighted by atomic mass is 9.96. The Morgan fingerprint density at radius 3 is 3.00 bits per heavy atom.